The first-order valence-electron chi connectivity index (χ1n) is 14.7. The van der Waals surface area contributed by atoms with E-state index in [-0.39, 0.29) is 54.3 Å². The van der Waals surface area contributed by atoms with Crippen molar-refractivity contribution >= 4 is 21.7 Å². The molecule has 6 nitrogen and oxygen atoms in total. The van der Waals surface area contributed by atoms with Gasteiger partial charge in [-0.15, -0.1) is 0 Å². The van der Waals surface area contributed by atoms with Gasteiger partial charge in [-0.25, -0.2) is 17.2 Å². The number of hydrogen-bond donors (Lipinski definition) is 0. The van der Waals surface area contributed by atoms with E-state index in [0.29, 0.717) is 19.3 Å². The van der Waals surface area contributed by atoms with Gasteiger partial charge in [0.15, 0.2) is 9.84 Å². The number of sulfone groups is 1. The number of methoxy groups -OCH3 is 1. The average molecular weight is 682 g/mol. The lowest BCUT2D eigenvalue weighted by Crippen LogP contribution is -2.54. The maximum Gasteiger partial charge on any atom is 0.436 e. The third-order valence-corrected chi connectivity index (χ3v) is 12.5. The van der Waals surface area contributed by atoms with Gasteiger partial charge in [0.2, 0.25) is 5.91 Å². The third kappa shape index (κ3) is 4.98. The number of hydrogen-bond acceptors (Lipinski definition) is 5. The molecule has 5 rings (SSSR count). The minimum Gasteiger partial charge on any atom is -0.469 e. The van der Waals surface area contributed by atoms with Gasteiger partial charge in [-0.1, -0.05) is 25.1 Å². The van der Waals surface area contributed by atoms with Gasteiger partial charge in [-0.3, -0.25) is 9.59 Å². The van der Waals surface area contributed by atoms with E-state index in [9.17, 15) is 44.3 Å². The van der Waals surface area contributed by atoms with Crippen molar-refractivity contribution in [3.63, 3.8) is 0 Å². The summed E-state index contributed by atoms with van der Waals surface area (Å²) in [5, 5.41) is 0. The highest BCUT2D eigenvalue weighted by Gasteiger charge is 2.74. The minimum atomic E-state index is -6.58. The van der Waals surface area contributed by atoms with Crippen LogP contribution in [0.25, 0.3) is 0 Å². The van der Waals surface area contributed by atoms with Crippen LogP contribution >= 0.6 is 0 Å². The molecule has 0 spiro atoms. The Morgan fingerprint density at radius 1 is 0.957 bits per heavy atom. The second kappa shape index (κ2) is 11.5. The van der Waals surface area contributed by atoms with E-state index in [4.69, 9.17) is 4.74 Å². The standard InChI is InChI=1S/C31H31F8NO5S/c1-17-14-19(27(42)45-2)8-10-21(17)26(41)40-13-12-28(46(43,44)20-6-4-3-5-7-20)22-16-24(32)23(15-18(22)9-11-25(28)40)29(33,30(34,35)36)31(37,38)39/h3-7,15-17,19,21,25H,8-14H2,1-2H3/t17-,19+,21+,25+,28+/m0/s1. The van der Waals surface area contributed by atoms with Crippen LogP contribution in [0.3, 0.4) is 0 Å². The van der Waals surface area contributed by atoms with Crippen molar-refractivity contribution in [2.45, 2.75) is 79.2 Å². The van der Waals surface area contributed by atoms with E-state index in [1.807, 2.05) is 0 Å². The van der Waals surface area contributed by atoms with Crippen LogP contribution in [0.2, 0.25) is 0 Å². The van der Waals surface area contributed by atoms with Gasteiger partial charge in [0.1, 0.15) is 10.6 Å². The summed E-state index contributed by atoms with van der Waals surface area (Å²) in [7, 11) is -3.33. The molecule has 252 valence electrons. The number of rotatable bonds is 5. The van der Waals surface area contributed by atoms with Crippen molar-refractivity contribution in [1.29, 1.82) is 0 Å². The van der Waals surface area contributed by atoms with Gasteiger partial charge in [-0.2, -0.15) is 26.3 Å². The summed E-state index contributed by atoms with van der Waals surface area (Å²) in [6, 6.07) is 6.09. The summed E-state index contributed by atoms with van der Waals surface area (Å²) in [5.74, 6) is -4.37. The van der Waals surface area contributed by atoms with Crippen molar-refractivity contribution in [2.24, 2.45) is 17.8 Å². The molecule has 2 aromatic carbocycles. The summed E-state index contributed by atoms with van der Waals surface area (Å²) in [4.78, 5) is 27.3. The van der Waals surface area contributed by atoms with Crippen LogP contribution in [0, 0.1) is 23.6 Å². The molecule has 1 aliphatic heterocycles. The Balaban J connectivity index is 1.64. The zero-order valence-corrected chi connectivity index (χ0v) is 25.5. The summed E-state index contributed by atoms with van der Waals surface area (Å²) < 4.78 is 144. The average Bonchev–Trinajstić information content (AvgIpc) is 3.41. The van der Waals surface area contributed by atoms with E-state index in [2.05, 4.69) is 0 Å². The first kappa shape index (κ1) is 34.1. The van der Waals surface area contributed by atoms with Crippen LogP contribution in [0.15, 0.2) is 47.4 Å². The van der Waals surface area contributed by atoms with E-state index < -0.39 is 79.3 Å². The number of halogens is 8. The van der Waals surface area contributed by atoms with Gasteiger partial charge in [0.25, 0.3) is 0 Å². The highest BCUT2D eigenvalue weighted by atomic mass is 32.2. The Kier molecular flexibility index (Phi) is 8.51. The molecule has 0 radical (unpaired) electrons. The first-order valence-corrected chi connectivity index (χ1v) is 16.1. The molecule has 2 aliphatic carbocycles. The molecule has 15 heteroatoms. The van der Waals surface area contributed by atoms with Crippen LogP contribution in [0.4, 0.5) is 35.1 Å². The molecule has 0 N–H and O–H groups in total. The summed E-state index contributed by atoms with van der Waals surface area (Å²) in [6.45, 7) is 1.62. The molecule has 0 aromatic heterocycles. The number of fused-ring (bicyclic) bond motifs is 3. The van der Waals surface area contributed by atoms with E-state index >= 15 is 8.78 Å². The molecule has 1 saturated heterocycles. The van der Waals surface area contributed by atoms with Crippen LogP contribution in [-0.2, 0) is 41.0 Å². The van der Waals surface area contributed by atoms with Crippen molar-refractivity contribution in [3.05, 3.63) is 65.0 Å². The Labute approximate surface area is 260 Å². The molecule has 2 aromatic rings. The fourth-order valence-corrected chi connectivity index (χ4v) is 10.1. The summed E-state index contributed by atoms with van der Waals surface area (Å²) in [6.07, 6.45) is -13.1. The number of benzene rings is 2. The van der Waals surface area contributed by atoms with Crippen molar-refractivity contribution < 1.29 is 57.9 Å². The molecule has 1 saturated carbocycles. The molecule has 1 heterocycles. The van der Waals surface area contributed by atoms with E-state index in [1.165, 1.54) is 42.3 Å². The molecule has 46 heavy (non-hydrogen) atoms. The largest absolute Gasteiger partial charge is 0.469 e. The molecule has 3 aliphatic rings. The predicted molar refractivity (Wildman–Crippen MR) is 147 cm³/mol. The lowest BCUT2D eigenvalue weighted by atomic mass is 9.73. The number of esters is 1. The Morgan fingerprint density at radius 2 is 1.59 bits per heavy atom. The number of carbonyl (C=O) groups is 2. The zero-order valence-electron chi connectivity index (χ0n) is 24.7. The van der Waals surface area contributed by atoms with Gasteiger partial charge in [-0.05, 0) is 79.8 Å². The predicted octanol–water partition coefficient (Wildman–Crippen LogP) is 6.56. The molecule has 0 unspecified atom stereocenters. The molecule has 2 fully saturated rings. The lowest BCUT2D eigenvalue weighted by molar-refractivity contribution is -0.349. The summed E-state index contributed by atoms with van der Waals surface area (Å²) in [5.41, 5.74) is -9.15. The highest BCUT2D eigenvalue weighted by molar-refractivity contribution is 7.92. The van der Waals surface area contributed by atoms with Crippen LogP contribution < -0.4 is 0 Å². The molecular formula is C31H31F8NO5S. The number of nitrogens with zero attached hydrogens (tertiary/aromatic N) is 1. The van der Waals surface area contributed by atoms with E-state index in [1.54, 1.807) is 6.92 Å². The quantitative estimate of drug-likeness (QED) is 0.264. The minimum absolute atomic E-state index is 0.130. The zero-order chi connectivity index (χ0) is 34.0. The Bertz CT molecular complexity index is 1610. The Morgan fingerprint density at radius 3 is 2.15 bits per heavy atom. The number of carbonyl (C=O) groups excluding carboxylic acids is 2. The second-order valence-electron chi connectivity index (χ2n) is 12.3. The number of ether oxygens (including phenoxy) is 1. The molecular weight excluding hydrogens is 650 g/mol. The fraction of sp³-hybridized carbons (Fsp3) is 0.548. The van der Waals surface area contributed by atoms with Gasteiger partial charge >= 0.3 is 24.0 Å². The molecule has 0 bridgehead atoms. The van der Waals surface area contributed by atoms with Crippen molar-refractivity contribution in [2.75, 3.05) is 13.7 Å². The lowest BCUT2D eigenvalue weighted by Gasteiger charge is -2.44. The number of aryl methyl sites for hydroxylation is 1. The molecule has 5 atom stereocenters. The topological polar surface area (TPSA) is 80.8 Å². The first-order chi connectivity index (χ1) is 21.3. The van der Waals surface area contributed by atoms with Crippen LogP contribution in [0.1, 0.15) is 55.7 Å². The van der Waals surface area contributed by atoms with Gasteiger partial charge in [0, 0.05) is 18.0 Å². The van der Waals surface area contributed by atoms with Crippen LogP contribution in [-0.4, -0.2) is 57.2 Å². The maximum atomic E-state index is 15.5. The SMILES string of the molecule is COC(=O)[C@@H]1CC[C@@H](C(=O)N2CC[C@@]3(S(=O)(=O)c4ccccc4)c4cc(F)c(C(F)(C(F)(F)F)C(F)(F)F)cc4CC[C@@H]23)[C@@H](C)C1. The van der Waals surface area contributed by atoms with Crippen LogP contribution in [0.5, 0.6) is 0 Å². The van der Waals surface area contributed by atoms with Gasteiger partial charge in [0.05, 0.1) is 24.0 Å². The summed E-state index contributed by atoms with van der Waals surface area (Å²) >= 11 is 0. The van der Waals surface area contributed by atoms with Crippen molar-refractivity contribution in [1.82, 2.24) is 4.90 Å². The normalized spacial score (nSPS) is 27.1. The number of likely N-dealkylation sites (tertiary alicyclic amines) is 1. The highest BCUT2D eigenvalue weighted by Crippen LogP contribution is 2.57. The monoisotopic (exact) mass is 681 g/mol. The number of alkyl halides is 7. The van der Waals surface area contributed by atoms with E-state index in [0.717, 1.165) is 0 Å². The van der Waals surface area contributed by atoms with Gasteiger partial charge < -0.3 is 9.64 Å². The molecule has 1 amide bonds. The Hall–Kier alpha value is -3.23. The second-order valence-corrected chi connectivity index (χ2v) is 14.5. The fourth-order valence-electron chi connectivity index (χ4n) is 7.69. The van der Waals surface area contributed by atoms with Crippen molar-refractivity contribution in [3.8, 4) is 0 Å². The number of amides is 1. The third-order valence-electron chi connectivity index (χ3n) is 9.96. The maximum absolute atomic E-state index is 15.5. The smallest absolute Gasteiger partial charge is 0.436 e.